The van der Waals surface area contributed by atoms with Gasteiger partial charge in [0.25, 0.3) is 0 Å². The van der Waals surface area contributed by atoms with E-state index in [9.17, 15) is 4.79 Å². The second-order valence-electron chi connectivity index (χ2n) is 4.49. The molecule has 1 aliphatic rings. The van der Waals surface area contributed by atoms with Crippen molar-refractivity contribution < 1.29 is 9.53 Å². The summed E-state index contributed by atoms with van der Waals surface area (Å²) in [5.74, 6) is 0.0619. The molecule has 1 fully saturated rings. The summed E-state index contributed by atoms with van der Waals surface area (Å²) in [4.78, 5) is 14.7. The lowest BCUT2D eigenvalue weighted by Crippen LogP contribution is -2.54. The first-order valence-corrected chi connectivity index (χ1v) is 6.93. The zero-order valence-corrected chi connectivity index (χ0v) is 11.8. The van der Waals surface area contributed by atoms with Gasteiger partial charge in [-0.2, -0.15) is 0 Å². The van der Waals surface area contributed by atoms with Crippen molar-refractivity contribution in [1.29, 1.82) is 0 Å². The highest BCUT2D eigenvalue weighted by Crippen LogP contribution is 2.09. The molecular weight excluding hydrogens is 250 g/mol. The van der Waals surface area contributed by atoms with Crippen molar-refractivity contribution >= 4 is 23.1 Å². The molecule has 5 nitrogen and oxygen atoms in total. The molecule has 1 amide bonds. The number of morpholine rings is 1. The van der Waals surface area contributed by atoms with Crippen molar-refractivity contribution in [3.8, 4) is 0 Å². The normalized spacial score (nSPS) is 20.6. The molecule has 0 spiro atoms. The Morgan fingerprint density at radius 3 is 3.06 bits per heavy atom. The maximum absolute atomic E-state index is 12.0. The SMILES string of the molecule is CCCNC(=O)C1COCCN1CCCC(N)=S. The molecule has 0 radical (unpaired) electrons. The Kier molecular flexibility index (Phi) is 7.15. The van der Waals surface area contributed by atoms with E-state index in [0.29, 0.717) is 18.2 Å². The Bertz CT molecular complexity index is 286. The van der Waals surface area contributed by atoms with Crippen LogP contribution in [0.1, 0.15) is 26.2 Å². The zero-order valence-electron chi connectivity index (χ0n) is 11.0. The van der Waals surface area contributed by atoms with Crippen molar-refractivity contribution in [2.24, 2.45) is 5.73 Å². The minimum absolute atomic E-state index is 0.0619. The summed E-state index contributed by atoms with van der Waals surface area (Å²) in [6.45, 7) is 5.55. The molecule has 1 atom stereocenters. The van der Waals surface area contributed by atoms with Crippen molar-refractivity contribution in [2.75, 3.05) is 32.8 Å². The maximum Gasteiger partial charge on any atom is 0.239 e. The Morgan fingerprint density at radius 2 is 2.39 bits per heavy atom. The second-order valence-corrected chi connectivity index (χ2v) is 5.01. The summed E-state index contributed by atoms with van der Waals surface area (Å²) < 4.78 is 5.39. The molecule has 6 heteroatoms. The topological polar surface area (TPSA) is 67.6 Å². The Labute approximate surface area is 114 Å². The summed E-state index contributed by atoms with van der Waals surface area (Å²) >= 11 is 4.86. The van der Waals surface area contributed by atoms with Crippen LogP contribution in [-0.2, 0) is 9.53 Å². The summed E-state index contributed by atoms with van der Waals surface area (Å²) in [6.07, 6.45) is 2.57. The van der Waals surface area contributed by atoms with Crippen LogP contribution in [0.2, 0.25) is 0 Å². The average molecular weight is 273 g/mol. The lowest BCUT2D eigenvalue weighted by atomic mass is 10.2. The number of nitrogens with zero attached hydrogens (tertiary/aromatic N) is 1. The second kappa shape index (κ2) is 8.39. The van der Waals surface area contributed by atoms with Crippen LogP contribution < -0.4 is 11.1 Å². The van der Waals surface area contributed by atoms with E-state index in [1.165, 1.54) is 0 Å². The molecule has 1 aliphatic heterocycles. The number of hydrogen-bond acceptors (Lipinski definition) is 4. The number of nitrogens with one attached hydrogen (secondary N) is 1. The van der Waals surface area contributed by atoms with Gasteiger partial charge in [0.05, 0.1) is 18.2 Å². The quantitative estimate of drug-likeness (QED) is 0.652. The van der Waals surface area contributed by atoms with Gasteiger partial charge in [-0.05, 0) is 25.8 Å². The maximum atomic E-state index is 12.0. The molecule has 0 saturated carbocycles. The van der Waals surface area contributed by atoms with Crippen LogP contribution in [0.4, 0.5) is 0 Å². The lowest BCUT2D eigenvalue weighted by molar-refractivity contribution is -0.132. The Hall–Kier alpha value is -0.720. The highest BCUT2D eigenvalue weighted by atomic mass is 32.1. The van der Waals surface area contributed by atoms with Crippen LogP contribution in [-0.4, -0.2) is 54.7 Å². The van der Waals surface area contributed by atoms with E-state index in [1.54, 1.807) is 0 Å². The summed E-state index contributed by atoms with van der Waals surface area (Å²) in [5.41, 5.74) is 5.48. The van der Waals surface area contributed by atoms with Gasteiger partial charge < -0.3 is 15.8 Å². The smallest absolute Gasteiger partial charge is 0.239 e. The minimum Gasteiger partial charge on any atom is -0.393 e. The van der Waals surface area contributed by atoms with E-state index in [-0.39, 0.29) is 11.9 Å². The molecule has 18 heavy (non-hydrogen) atoms. The van der Waals surface area contributed by atoms with Crippen LogP contribution in [0, 0.1) is 0 Å². The fraction of sp³-hybridized carbons (Fsp3) is 0.833. The van der Waals surface area contributed by atoms with Gasteiger partial charge in [0, 0.05) is 13.1 Å². The van der Waals surface area contributed by atoms with Crippen molar-refractivity contribution in [1.82, 2.24) is 10.2 Å². The number of carbonyl (C=O) groups excluding carboxylic acids is 1. The number of nitrogens with two attached hydrogens (primary N) is 1. The number of thiocarbonyl (C=S) groups is 1. The van der Waals surface area contributed by atoms with Gasteiger partial charge in [-0.15, -0.1) is 0 Å². The van der Waals surface area contributed by atoms with Crippen LogP contribution in [0.25, 0.3) is 0 Å². The van der Waals surface area contributed by atoms with Crippen molar-refractivity contribution in [2.45, 2.75) is 32.2 Å². The van der Waals surface area contributed by atoms with Gasteiger partial charge >= 0.3 is 0 Å². The standard InChI is InChI=1S/C12H23N3O2S/c1-2-5-14-12(16)10-9-17-8-7-15(10)6-3-4-11(13)18/h10H,2-9H2,1H3,(H2,13,18)(H,14,16). The van der Waals surface area contributed by atoms with Gasteiger partial charge in [-0.25, -0.2) is 0 Å². The number of rotatable bonds is 7. The summed E-state index contributed by atoms with van der Waals surface area (Å²) in [6, 6.07) is -0.170. The van der Waals surface area contributed by atoms with Crippen LogP contribution >= 0.6 is 12.2 Å². The Morgan fingerprint density at radius 1 is 1.61 bits per heavy atom. The predicted molar refractivity (Wildman–Crippen MR) is 75.5 cm³/mol. The third-order valence-corrected chi connectivity index (χ3v) is 3.16. The zero-order chi connectivity index (χ0) is 13.4. The predicted octanol–water partition coefficient (Wildman–Crippen LogP) is 0.280. The lowest BCUT2D eigenvalue weighted by Gasteiger charge is -2.34. The first kappa shape index (κ1) is 15.3. The molecule has 0 bridgehead atoms. The number of amides is 1. The van der Waals surface area contributed by atoms with E-state index >= 15 is 0 Å². The molecule has 1 rings (SSSR count). The average Bonchev–Trinajstić information content (AvgIpc) is 2.36. The largest absolute Gasteiger partial charge is 0.393 e. The number of carbonyl (C=O) groups is 1. The first-order valence-electron chi connectivity index (χ1n) is 6.53. The fourth-order valence-electron chi connectivity index (χ4n) is 1.97. The number of hydrogen-bond donors (Lipinski definition) is 2. The highest BCUT2D eigenvalue weighted by molar-refractivity contribution is 7.80. The van der Waals surface area contributed by atoms with Crippen LogP contribution in [0.3, 0.4) is 0 Å². The summed E-state index contributed by atoms with van der Waals surface area (Å²) in [7, 11) is 0. The van der Waals surface area contributed by atoms with E-state index in [2.05, 4.69) is 10.2 Å². The van der Waals surface area contributed by atoms with Gasteiger partial charge in [0.1, 0.15) is 6.04 Å². The van der Waals surface area contributed by atoms with Gasteiger partial charge in [-0.3, -0.25) is 9.69 Å². The van der Waals surface area contributed by atoms with Crippen LogP contribution in [0.5, 0.6) is 0 Å². The summed E-state index contributed by atoms with van der Waals surface area (Å²) in [5, 5.41) is 2.92. The van der Waals surface area contributed by atoms with E-state index in [4.69, 9.17) is 22.7 Å². The van der Waals surface area contributed by atoms with Crippen LogP contribution in [0.15, 0.2) is 0 Å². The Balaban J connectivity index is 2.40. The first-order chi connectivity index (χ1) is 8.65. The van der Waals surface area contributed by atoms with E-state index in [1.807, 2.05) is 6.92 Å². The monoisotopic (exact) mass is 273 g/mol. The highest BCUT2D eigenvalue weighted by Gasteiger charge is 2.28. The molecule has 0 aromatic heterocycles. The van der Waals surface area contributed by atoms with Gasteiger partial charge in [0.15, 0.2) is 0 Å². The van der Waals surface area contributed by atoms with E-state index < -0.39 is 0 Å². The molecular formula is C12H23N3O2S. The van der Waals surface area contributed by atoms with Crippen molar-refractivity contribution in [3.63, 3.8) is 0 Å². The van der Waals surface area contributed by atoms with Gasteiger partial charge in [0.2, 0.25) is 5.91 Å². The van der Waals surface area contributed by atoms with Crippen molar-refractivity contribution in [3.05, 3.63) is 0 Å². The molecule has 1 heterocycles. The molecule has 1 saturated heterocycles. The third-order valence-electron chi connectivity index (χ3n) is 2.96. The molecule has 0 aromatic carbocycles. The fourth-order valence-corrected chi connectivity index (χ4v) is 2.11. The minimum atomic E-state index is -0.170. The molecule has 104 valence electrons. The number of ether oxygens (including phenoxy) is 1. The van der Waals surface area contributed by atoms with Gasteiger partial charge in [-0.1, -0.05) is 19.1 Å². The van der Waals surface area contributed by atoms with E-state index in [0.717, 1.165) is 38.9 Å². The molecule has 0 aromatic rings. The molecule has 0 aliphatic carbocycles. The molecule has 3 N–H and O–H groups in total. The third kappa shape index (κ3) is 5.29. The molecule has 1 unspecified atom stereocenters.